The molecule has 0 spiro atoms. The molecule has 7 heteroatoms. The molecular formula is C22H29N5O2. The highest BCUT2D eigenvalue weighted by Gasteiger charge is 2.22. The van der Waals surface area contributed by atoms with Crippen LogP contribution < -0.4 is 5.32 Å². The smallest absolute Gasteiger partial charge is 0.257 e. The first kappa shape index (κ1) is 21.0. The first-order valence-corrected chi connectivity index (χ1v) is 10.0. The molecule has 154 valence electrons. The fourth-order valence-corrected chi connectivity index (χ4v) is 3.16. The summed E-state index contributed by atoms with van der Waals surface area (Å²) < 4.78 is 5.01. The lowest BCUT2D eigenvalue weighted by Gasteiger charge is -2.34. The van der Waals surface area contributed by atoms with E-state index >= 15 is 0 Å². The molecule has 2 heterocycles. The number of nitrogens with zero attached hydrogens (tertiary/aromatic N) is 4. The highest BCUT2D eigenvalue weighted by Crippen LogP contribution is 2.09. The lowest BCUT2D eigenvalue weighted by atomic mass is 10.2. The van der Waals surface area contributed by atoms with Gasteiger partial charge in [-0.2, -0.15) is 0 Å². The number of hydrogen-bond donors (Lipinski definition) is 1. The molecule has 2 aromatic rings. The van der Waals surface area contributed by atoms with Crippen LogP contribution in [0.3, 0.4) is 0 Å². The summed E-state index contributed by atoms with van der Waals surface area (Å²) in [5, 5.41) is 3.12. The Morgan fingerprint density at radius 3 is 2.55 bits per heavy atom. The van der Waals surface area contributed by atoms with Crippen LogP contribution in [0.15, 0.2) is 48.8 Å². The third-order valence-electron chi connectivity index (χ3n) is 4.84. The number of amides is 1. The van der Waals surface area contributed by atoms with E-state index in [-0.39, 0.29) is 5.91 Å². The van der Waals surface area contributed by atoms with Crippen LogP contribution in [0.5, 0.6) is 0 Å². The maximum atomic E-state index is 12.7. The van der Waals surface area contributed by atoms with E-state index in [0.29, 0.717) is 18.1 Å². The highest BCUT2D eigenvalue weighted by atomic mass is 16.5. The largest absolute Gasteiger partial charge is 0.385 e. The number of methoxy groups -OCH3 is 1. The number of anilines is 1. The second-order valence-electron chi connectivity index (χ2n) is 6.97. The third kappa shape index (κ3) is 6.66. The fourth-order valence-electron chi connectivity index (χ4n) is 3.16. The summed E-state index contributed by atoms with van der Waals surface area (Å²) in [6, 6.07) is 10.3. The Morgan fingerprint density at radius 2 is 1.86 bits per heavy atom. The number of aromatic nitrogens is 2. The molecule has 1 N–H and O–H groups in total. The summed E-state index contributed by atoms with van der Waals surface area (Å²) in [4.78, 5) is 25.4. The van der Waals surface area contributed by atoms with E-state index in [9.17, 15) is 4.79 Å². The van der Waals surface area contributed by atoms with E-state index in [0.717, 1.165) is 45.7 Å². The summed E-state index contributed by atoms with van der Waals surface area (Å²) in [7, 11) is 1.68. The van der Waals surface area contributed by atoms with Crippen LogP contribution in [0.2, 0.25) is 0 Å². The van der Waals surface area contributed by atoms with Gasteiger partial charge in [0, 0.05) is 65.4 Å². The lowest BCUT2D eigenvalue weighted by Crippen LogP contribution is -2.48. The first-order valence-electron chi connectivity index (χ1n) is 10.0. The van der Waals surface area contributed by atoms with Gasteiger partial charge in [-0.3, -0.25) is 9.69 Å². The van der Waals surface area contributed by atoms with Gasteiger partial charge in [0.25, 0.3) is 5.91 Å². The molecule has 0 bridgehead atoms. The van der Waals surface area contributed by atoms with Gasteiger partial charge in [-0.05, 0) is 12.0 Å². The van der Waals surface area contributed by atoms with Gasteiger partial charge in [-0.1, -0.05) is 42.5 Å². The maximum Gasteiger partial charge on any atom is 0.257 e. The van der Waals surface area contributed by atoms with Crippen LogP contribution >= 0.6 is 0 Å². The number of piperazine rings is 1. The van der Waals surface area contributed by atoms with Crippen molar-refractivity contribution in [2.45, 2.75) is 6.42 Å². The van der Waals surface area contributed by atoms with E-state index in [2.05, 4.69) is 44.5 Å². The van der Waals surface area contributed by atoms with Crippen molar-refractivity contribution in [2.75, 3.05) is 58.3 Å². The molecule has 0 atom stereocenters. The standard InChI is InChI=1S/C22H29N5O2/c1-29-16-6-10-23-22-24-17-20(18-25-22)21(28)27-14-12-26(13-15-27)11-5-9-19-7-3-2-4-8-19/h2-5,7-9,17-18H,6,10-16H2,1H3,(H,23,24,25)/b9-5+. The first-order chi connectivity index (χ1) is 14.3. The molecule has 1 aromatic carbocycles. The van der Waals surface area contributed by atoms with Gasteiger partial charge in [-0.25, -0.2) is 9.97 Å². The van der Waals surface area contributed by atoms with Crippen molar-refractivity contribution in [3.63, 3.8) is 0 Å². The molecule has 29 heavy (non-hydrogen) atoms. The maximum absolute atomic E-state index is 12.7. The van der Waals surface area contributed by atoms with Crippen molar-refractivity contribution >= 4 is 17.9 Å². The Morgan fingerprint density at radius 1 is 1.14 bits per heavy atom. The van der Waals surface area contributed by atoms with Crippen LogP contribution in [0, 0.1) is 0 Å². The van der Waals surface area contributed by atoms with Crippen LogP contribution in [-0.2, 0) is 4.74 Å². The SMILES string of the molecule is COCCCNc1ncc(C(=O)N2CCN(C/C=C/c3ccccc3)CC2)cn1. The fraction of sp³-hybridized carbons (Fsp3) is 0.409. The predicted octanol–water partition coefficient (Wildman–Crippen LogP) is 2.40. The van der Waals surface area contributed by atoms with Crippen molar-refractivity contribution in [3.05, 3.63) is 59.9 Å². The summed E-state index contributed by atoms with van der Waals surface area (Å²) >= 11 is 0. The van der Waals surface area contributed by atoms with Crippen molar-refractivity contribution in [2.24, 2.45) is 0 Å². The van der Waals surface area contributed by atoms with Crippen molar-refractivity contribution in [3.8, 4) is 0 Å². The molecule has 1 saturated heterocycles. The van der Waals surface area contributed by atoms with E-state index in [1.165, 1.54) is 5.56 Å². The molecule has 0 unspecified atom stereocenters. The van der Waals surface area contributed by atoms with Gasteiger partial charge in [0.1, 0.15) is 0 Å². The van der Waals surface area contributed by atoms with E-state index in [1.54, 1.807) is 19.5 Å². The minimum Gasteiger partial charge on any atom is -0.385 e. The third-order valence-corrected chi connectivity index (χ3v) is 4.84. The zero-order valence-corrected chi connectivity index (χ0v) is 17.0. The molecule has 7 nitrogen and oxygen atoms in total. The van der Waals surface area contributed by atoms with Crippen molar-refractivity contribution in [1.29, 1.82) is 0 Å². The number of nitrogens with one attached hydrogen (secondary N) is 1. The van der Waals surface area contributed by atoms with Crippen molar-refractivity contribution < 1.29 is 9.53 Å². The summed E-state index contributed by atoms with van der Waals surface area (Å²) in [6.45, 7) is 5.49. The van der Waals surface area contributed by atoms with Crippen LogP contribution in [0.4, 0.5) is 5.95 Å². The van der Waals surface area contributed by atoms with Crippen molar-refractivity contribution in [1.82, 2.24) is 19.8 Å². The van der Waals surface area contributed by atoms with Gasteiger partial charge >= 0.3 is 0 Å². The Labute approximate surface area is 172 Å². The van der Waals surface area contributed by atoms with Crippen LogP contribution in [-0.4, -0.2) is 78.7 Å². The van der Waals surface area contributed by atoms with Crippen LogP contribution in [0.1, 0.15) is 22.3 Å². The average molecular weight is 396 g/mol. The average Bonchev–Trinajstić information content (AvgIpc) is 2.78. The second kappa shape index (κ2) is 11.3. The number of hydrogen-bond acceptors (Lipinski definition) is 6. The topological polar surface area (TPSA) is 70.6 Å². The quantitative estimate of drug-likeness (QED) is 0.658. The van der Waals surface area contributed by atoms with Gasteiger partial charge < -0.3 is 15.0 Å². The number of ether oxygens (including phenoxy) is 1. The van der Waals surface area contributed by atoms with Gasteiger partial charge in [0.05, 0.1) is 5.56 Å². The monoisotopic (exact) mass is 395 g/mol. The van der Waals surface area contributed by atoms with Gasteiger partial charge in [-0.15, -0.1) is 0 Å². The number of rotatable bonds is 9. The number of benzene rings is 1. The summed E-state index contributed by atoms with van der Waals surface area (Å²) in [5.41, 5.74) is 1.74. The van der Waals surface area contributed by atoms with Gasteiger partial charge in [0.15, 0.2) is 0 Å². The summed E-state index contributed by atoms with van der Waals surface area (Å²) in [5.74, 6) is 0.531. The number of carbonyl (C=O) groups is 1. The molecule has 1 aliphatic rings. The molecule has 1 amide bonds. The zero-order valence-electron chi connectivity index (χ0n) is 17.0. The normalized spacial score (nSPS) is 15.0. The Hall–Kier alpha value is -2.77. The molecular weight excluding hydrogens is 366 g/mol. The number of carbonyl (C=O) groups excluding carboxylic acids is 1. The van der Waals surface area contributed by atoms with Crippen LogP contribution in [0.25, 0.3) is 6.08 Å². The molecule has 1 aromatic heterocycles. The van der Waals surface area contributed by atoms with E-state index in [1.807, 2.05) is 23.1 Å². The molecule has 0 radical (unpaired) electrons. The minimum absolute atomic E-state index is 0.00425. The molecule has 1 aliphatic heterocycles. The predicted molar refractivity (Wildman–Crippen MR) is 115 cm³/mol. The van der Waals surface area contributed by atoms with Gasteiger partial charge in [0.2, 0.25) is 5.95 Å². The Bertz CT molecular complexity index is 772. The summed E-state index contributed by atoms with van der Waals surface area (Å²) in [6.07, 6.45) is 8.40. The molecule has 1 fully saturated rings. The second-order valence-corrected chi connectivity index (χ2v) is 6.97. The minimum atomic E-state index is -0.00425. The van der Waals surface area contributed by atoms with E-state index < -0.39 is 0 Å². The van der Waals surface area contributed by atoms with E-state index in [4.69, 9.17) is 4.74 Å². The Balaban J connectivity index is 1.42. The highest BCUT2D eigenvalue weighted by molar-refractivity contribution is 5.93. The molecule has 0 aliphatic carbocycles. The zero-order chi connectivity index (χ0) is 20.3. The molecule has 0 saturated carbocycles. The molecule has 3 rings (SSSR count). The lowest BCUT2D eigenvalue weighted by molar-refractivity contribution is 0.0649. The Kier molecular flexibility index (Phi) is 8.15.